The Hall–Kier alpha value is 0. The average molecular weight is 196 g/mol. The van der Waals surface area contributed by atoms with Gasteiger partial charge in [0.15, 0.2) is 0 Å². The molecule has 1 aliphatic rings. The minimum absolute atomic E-state index is 0.932. The van der Waals surface area contributed by atoms with Gasteiger partial charge in [-0.15, -0.1) is 0 Å². The summed E-state index contributed by atoms with van der Waals surface area (Å²) in [5.74, 6) is 4.92. The van der Waals surface area contributed by atoms with Gasteiger partial charge in [0.05, 0.1) is 0 Å². The zero-order valence-electron chi connectivity index (χ0n) is 10.7. The summed E-state index contributed by atoms with van der Waals surface area (Å²) >= 11 is 0. The van der Waals surface area contributed by atoms with Crippen molar-refractivity contribution in [3.63, 3.8) is 0 Å². The van der Waals surface area contributed by atoms with Gasteiger partial charge in [0.2, 0.25) is 0 Å². The Bertz CT molecular complexity index is 161. The minimum Gasteiger partial charge on any atom is -0.0651 e. The first-order chi connectivity index (χ1) is 6.56. The molecule has 1 aliphatic carbocycles. The topological polar surface area (TPSA) is 0 Å². The summed E-state index contributed by atoms with van der Waals surface area (Å²) in [6, 6.07) is 0. The van der Waals surface area contributed by atoms with E-state index in [2.05, 4.69) is 34.6 Å². The van der Waals surface area contributed by atoms with Crippen molar-refractivity contribution in [2.45, 2.75) is 60.3 Å². The molecule has 0 aromatic rings. The maximum atomic E-state index is 2.47. The standard InChI is InChI=1S/C14H28/c1-6-10(2)7-8-11(3)13(5)14-9-12(14)4/h10-14H,6-9H2,1-5H3. The molecule has 0 heteroatoms. The molecule has 0 spiro atoms. The lowest BCUT2D eigenvalue weighted by molar-refractivity contribution is 0.293. The smallest absolute Gasteiger partial charge is 0.0357 e. The molecule has 84 valence electrons. The van der Waals surface area contributed by atoms with Crippen LogP contribution in [0.25, 0.3) is 0 Å². The van der Waals surface area contributed by atoms with Crippen molar-refractivity contribution in [3.05, 3.63) is 0 Å². The first-order valence-corrected chi connectivity index (χ1v) is 6.56. The van der Waals surface area contributed by atoms with Crippen LogP contribution in [0.15, 0.2) is 0 Å². The van der Waals surface area contributed by atoms with Crippen molar-refractivity contribution >= 4 is 0 Å². The van der Waals surface area contributed by atoms with Gasteiger partial charge < -0.3 is 0 Å². The van der Waals surface area contributed by atoms with Gasteiger partial charge in [-0.3, -0.25) is 0 Å². The summed E-state index contributed by atoms with van der Waals surface area (Å²) in [5, 5.41) is 0. The van der Waals surface area contributed by atoms with Crippen LogP contribution in [0.4, 0.5) is 0 Å². The fourth-order valence-corrected chi connectivity index (χ4v) is 2.52. The molecule has 0 aromatic heterocycles. The van der Waals surface area contributed by atoms with E-state index in [0.29, 0.717) is 0 Å². The lowest BCUT2D eigenvalue weighted by atomic mass is 9.85. The van der Waals surface area contributed by atoms with Gasteiger partial charge in [-0.25, -0.2) is 0 Å². The fourth-order valence-electron chi connectivity index (χ4n) is 2.52. The number of hydrogen-bond donors (Lipinski definition) is 0. The quantitative estimate of drug-likeness (QED) is 0.575. The Morgan fingerprint density at radius 3 is 2.14 bits per heavy atom. The number of rotatable bonds is 6. The van der Waals surface area contributed by atoms with Crippen LogP contribution in [0.2, 0.25) is 0 Å². The average Bonchev–Trinajstić information content (AvgIpc) is 2.90. The van der Waals surface area contributed by atoms with Gasteiger partial charge in [-0.2, -0.15) is 0 Å². The molecule has 0 N–H and O–H groups in total. The van der Waals surface area contributed by atoms with Crippen LogP contribution in [0, 0.1) is 29.6 Å². The van der Waals surface area contributed by atoms with Crippen LogP contribution < -0.4 is 0 Å². The second-order valence-corrected chi connectivity index (χ2v) is 5.80. The largest absolute Gasteiger partial charge is 0.0651 e. The molecule has 0 aliphatic heterocycles. The van der Waals surface area contributed by atoms with Crippen LogP contribution >= 0.6 is 0 Å². The van der Waals surface area contributed by atoms with E-state index >= 15 is 0 Å². The molecule has 0 aromatic carbocycles. The Morgan fingerprint density at radius 2 is 1.71 bits per heavy atom. The molecule has 14 heavy (non-hydrogen) atoms. The molecule has 1 saturated carbocycles. The highest BCUT2D eigenvalue weighted by Gasteiger charge is 2.38. The summed E-state index contributed by atoms with van der Waals surface area (Å²) < 4.78 is 0. The normalized spacial score (nSPS) is 32.4. The molecule has 1 fully saturated rings. The second kappa shape index (κ2) is 5.19. The molecular weight excluding hydrogens is 168 g/mol. The fraction of sp³-hybridized carbons (Fsp3) is 1.00. The molecule has 5 atom stereocenters. The highest BCUT2D eigenvalue weighted by molar-refractivity contribution is 4.88. The van der Waals surface area contributed by atoms with Gasteiger partial charge in [0.25, 0.3) is 0 Å². The van der Waals surface area contributed by atoms with Crippen molar-refractivity contribution in [1.82, 2.24) is 0 Å². The van der Waals surface area contributed by atoms with Crippen LogP contribution in [0.3, 0.4) is 0 Å². The molecular formula is C14H28. The van der Waals surface area contributed by atoms with E-state index in [0.717, 1.165) is 29.6 Å². The highest BCUT2D eigenvalue weighted by Crippen LogP contribution is 2.47. The van der Waals surface area contributed by atoms with Crippen LogP contribution in [0.1, 0.15) is 60.3 Å². The lowest BCUT2D eigenvalue weighted by Gasteiger charge is -2.21. The monoisotopic (exact) mass is 196 g/mol. The number of hydrogen-bond acceptors (Lipinski definition) is 0. The maximum Gasteiger partial charge on any atom is -0.0357 e. The summed E-state index contributed by atoms with van der Waals surface area (Å²) in [6.45, 7) is 12.0. The zero-order chi connectivity index (χ0) is 10.7. The first-order valence-electron chi connectivity index (χ1n) is 6.56. The molecule has 5 unspecified atom stereocenters. The lowest BCUT2D eigenvalue weighted by Crippen LogP contribution is -2.12. The molecule has 0 heterocycles. The highest BCUT2D eigenvalue weighted by atomic mass is 14.4. The van der Waals surface area contributed by atoms with E-state index in [1.54, 1.807) is 0 Å². The van der Waals surface area contributed by atoms with Gasteiger partial charge in [0.1, 0.15) is 0 Å². The molecule has 0 amide bonds. The van der Waals surface area contributed by atoms with Crippen LogP contribution in [0.5, 0.6) is 0 Å². The predicted octanol–water partition coefficient (Wildman–Crippen LogP) is 4.74. The van der Waals surface area contributed by atoms with E-state index in [1.807, 2.05) is 0 Å². The third-order valence-electron chi connectivity index (χ3n) is 4.56. The Morgan fingerprint density at radius 1 is 1.14 bits per heavy atom. The SMILES string of the molecule is CCC(C)CCC(C)C(C)C1CC1C. The van der Waals surface area contributed by atoms with Gasteiger partial charge in [0, 0.05) is 0 Å². The van der Waals surface area contributed by atoms with Crippen molar-refractivity contribution in [2.24, 2.45) is 29.6 Å². The Kier molecular flexibility index (Phi) is 4.47. The molecule has 1 rings (SSSR count). The van der Waals surface area contributed by atoms with E-state index < -0.39 is 0 Å². The minimum atomic E-state index is 0.932. The van der Waals surface area contributed by atoms with Crippen molar-refractivity contribution < 1.29 is 0 Å². The van der Waals surface area contributed by atoms with E-state index in [1.165, 1.54) is 25.7 Å². The third kappa shape index (κ3) is 3.29. The molecule has 0 saturated heterocycles. The summed E-state index contributed by atoms with van der Waals surface area (Å²) in [5.41, 5.74) is 0. The van der Waals surface area contributed by atoms with Crippen molar-refractivity contribution in [2.75, 3.05) is 0 Å². The summed E-state index contributed by atoms with van der Waals surface area (Å²) in [6.07, 6.45) is 5.72. The maximum absolute atomic E-state index is 2.47. The Labute approximate surface area is 90.5 Å². The predicted molar refractivity (Wildman–Crippen MR) is 64.3 cm³/mol. The molecule has 0 nitrogen and oxygen atoms in total. The van der Waals surface area contributed by atoms with Crippen molar-refractivity contribution in [3.8, 4) is 0 Å². The van der Waals surface area contributed by atoms with Crippen LogP contribution in [-0.2, 0) is 0 Å². The first kappa shape index (κ1) is 12.1. The van der Waals surface area contributed by atoms with Crippen LogP contribution in [-0.4, -0.2) is 0 Å². The van der Waals surface area contributed by atoms with Gasteiger partial charge in [-0.1, -0.05) is 53.9 Å². The van der Waals surface area contributed by atoms with E-state index in [9.17, 15) is 0 Å². The van der Waals surface area contributed by atoms with E-state index in [4.69, 9.17) is 0 Å². The molecule has 0 radical (unpaired) electrons. The third-order valence-corrected chi connectivity index (χ3v) is 4.56. The van der Waals surface area contributed by atoms with Gasteiger partial charge >= 0.3 is 0 Å². The molecule has 0 bridgehead atoms. The van der Waals surface area contributed by atoms with Crippen molar-refractivity contribution in [1.29, 1.82) is 0 Å². The summed E-state index contributed by atoms with van der Waals surface area (Å²) in [4.78, 5) is 0. The summed E-state index contributed by atoms with van der Waals surface area (Å²) in [7, 11) is 0. The van der Waals surface area contributed by atoms with Gasteiger partial charge in [-0.05, 0) is 36.0 Å². The zero-order valence-corrected chi connectivity index (χ0v) is 10.7. The van der Waals surface area contributed by atoms with E-state index in [-0.39, 0.29) is 0 Å². The Balaban J connectivity index is 2.17. The second-order valence-electron chi connectivity index (χ2n) is 5.80.